The van der Waals surface area contributed by atoms with Crippen molar-refractivity contribution in [3.8, 4) is 0 Å². The molecular formula is C24H40O5. The van der Waals surface area contributed by atoms with Crippen molar-refractivity contribution in [1.29, 1.82) is 0 Å². The van der Waals surface area contributed by atoms with Crippen LogP contribution >= 0.6 is 0 Å². The third-order valence-electron chi connectivity index (χ3n) is 6.16. The standard InChI is InChI=1S/C24H40O5/c1-15(2)21-10-9-17(4)23(28-19(6)25)11-8-16(3)12-22(27)13-18(5)24(14-21)29-20(7)26/h16-18,21,23-24H,1,8-14H2,2-7H3/t16-,17+,18+,21-,23-,24+/m0/s1. The quantitative estimate of drug-likeness (QED) is 0.470. The van der Waals surface area contributed by atoms with Crippen LogP contribution in [-0.4, -0.2) is 29.9 Å². The van der Waals surface area contributed by atoms with E-state index < -0.39 is 0 Å². The van der Waals surface area contributed by atoms with Gasteiger partial charge >= 0.3 is 11.9 Å². The van der Waals surface area contributed by atoms with Gasteiger partial charge in [0.25, 0.3) is 0 Å². The fourth-order valence-corrected chi connectivity index (χ4v) is 4.29. The number of allylic oxidation sites excluding steroid dienone is 1. The van der Waals surface area contributed by atoms with Crippen LogP contribution in [0.2, 0.25) is 0 Å². The van der Waals surface area contributed by atoms with Crippen molar-refractivity contribution in [3.05, 3.63) is 12.2 Å². The molecule has 0 saturated heterocycles. The summed E-state index contributed by atoms with van der Waals surface area (Å²) in [6, 6.07) is 0. The number of esters is 2. The van der Waals surface area contributed by atoms with Crippen molar-refractivity contribution in [2.24, 2.45) is 23.7 Å². The van der Waals surface area contributed by atoms with Gasteiger partial charge in [-0.3, -0.25) is 14.4 Å². The lowest BCUT2D eigenvalue weighted by Gasteiger charge is -2.31. The van der Waals surface area contributed by atoms with Crippen LogP contribution in [0.4, 0.5) is 0 Å². The fourth-order valence-electron chi connectivity index (χ4n) is 4.29. The molecule has 0 heterocycles. The zero-order valence-corrected chi connectivity index (χ0v) is 19.2. The molecule has 1 aliphatic carbocycles. The number of rotatable bonds is 3. The molecule has 0 unspecified atom stereocenters. The van der Waals surface area contributed by atoms with Crippen LogP contribution < -0.4 is 0 Å². The van der Waals surface area contributed by atoms with E-state index in [9.17, 15) is 14.4 Å². The van der Waals surface area contributed by atoms with Gasteiger partial charge in [0, 0.05) is 32.6 Å². The van der Waals surface area contributed by atoms with Gasteiger partial charge in [-0.1, -0.05) is 32.9 Å². The first-order chi connectivity index (χ1) is 13.5. The smallest absolute Gasteiger partial charge is 0.302 e. The molecule has 166 valence electrons. The van der Waals surface area contributed by atoms with E-state index in [-0.39, 0.29) is 53.6 Å². The summed E-state index contributed by atoms with van der Waals surface area (Å²) in [5.41, 5.74) is 1.05. The van der Waals surface area contributed by atoms with Crippen LogP contribution in [0.3, 0.4) is 0 Å². The zero-order chi connectivity index (χ0) is 22.1. The lowest BCUT2D eigenvalue weighted by atomic mass is 9.81. The predicted molar refractivity (Wildman–Crippen MR) is 114 cm³/mol. The summed E-state index contributed by atoms with van der Waals surface area (Å²) in [4.78, 5) is 35.8. The zero-order valence-electron chi connectivity index (χ0n) is 19.2. The Labute approximate surface area is 176 Å². The maximum absolute atomic E-state index is 12.6. The lowest BCUT2D eigenvalue weighted by Crippen LogP contribution is -2.31. The molecule has 0 bridgehead atoms. The highest BCUT2D eigenvalue weighted by Gasteiger charge is 2.29. The Hall–Kier alpha value is -1.65. The minimum Gasteiger partial charge on any atom is -0.462 e. The minimum absolute atomic E-state index is 0.0189. The first-order valence-corrected chi connectivity index (χ1v) is 11.0. The van der Waals surface area contributed by atoms with E-state index in [1.807, 2.05) is 13.8 Å². The number of Topliss-reactive ketones (excluding diaryl/α,β-unsaturated/α-hetero) is 1. The number of hydrogen-bond donors (Lipinski definition) is 0. The maximum Gasteiger partial charge on any atom is 0.302 e. The van der Waals surface area contributed by atoms with Crippen molar-refractivity contribution < 1.29 is 23.9 Å². The molecule has 0 aliphatic heterocycles. The van der Waals surface area contributed by atoms with Crippen molar-refractivity contribution in [2.75, 3.05) is 0 Å². The molecule has 1 aliphatic rings. The second-order valence-electron chi connectivity index (χ2n) is 9.24. The number of ether oxygens (including phenoxy) is 2. The number of ketones is 1. The Morgan fingerprint density at radius 3 is 1.97 bits per heavy atom. The van der Waals surface area contributed by atoms with Gasteiger partial charge in [-0.05, 0) is 56.8 Å². The fraction of sp³-hybridized carbons (Fsp3) is 0.792. The monoisotopic (exact) mass is 408 g/mol. The summed E-state index contributed by atoms with van der Waals surface area (Å²) in [6.45, 7) is 15.2. The Bertz CT molecular complexity index is 582. The summed E-state index contributed by atoms with van der Waals surface area (Å²) in [6.07, 6.45) is 4.57. The highest BCUT2D eigenvalue weighted by Crippen LogP contribution is 2.32. The number of carbonyl (C=O) groups is 3. The van der Waals surface area contributed by atoms with Gasteiger partial charge in [-0.2, -0.15) is 0 Å². The van der Waals surface area contributed by atoms with E-state index in [0.717, 1.165) is 31.3 Å². The van der Waals surface area contributed by atoms with Crippen LogP contribution in [0.5, 0.6) is 0 Å². The summed E-state index contributed by atoms with van der Waals surface area (Å²) in [5.74, 6) is 0.255. The van der Waals surface area contributed by atoms with E-state index in [4.69, 9.17) is 9.47 Å². The Kier molecular flexibility index (Phi) is 10.6. The summed E-state index contributed by atoms with van der Waals surface area (Å²) in [5, 5.41) is 0. The summed E-state index contributed by atoms with van der Waals surface area (Å²) < 4.78 is 11.2. The average molecular weight is 409 g/mol. The van der Waals surface area contributed by atoms with Crippen molar-refractivity contribution in [2.45, 2.75) is 98.7 Å². The van der Waals surface area contributed by atoms with Gasteiger partial charge < -0.3 is 9.47 Å². The van der Waals surface area contributed by atoms with Crippen LogP contribution in [-0.2, 0) is 23.9 Å². The summed E-state index contributed by atoms with van der Waals surface area (Å²) >= 11 is 0. The lowest BCUT2D eigenvalue weighted by molar-refractivity contribution is -0.150. The Morgan fingerprint density at radius 2 is 1.41 bits per heavy atom. The van der Waals surface area contributed by atoms with Crippen molar-refractivity contribution in [3.63, 3.8) is 0 Å². The van der Waals surface area contributed by atoms with Gasteiger partial charge in [0.1, 0.15) is 18.0 Å². The maximum atomic E-state index is 12.6. The van der Waals surface area contributed by atoms with E-state index in [0.29, 0.717) is 19.3 Å². The van der Waals surface area contributed by atoms with Crippen LogP contribution in [0.1, 0.15) is 86.5 Å². The third-order valence-corrected chi connectivity index (χ3v) is 6.16. The van der Waals surface area contributed by atoms with Crippen LogP contribution in [0, 0.1) is 23.7 Å². The second kappa shape index (κ2) is 12.1. The predicted octanol–water partition coefficient (Wildman–Crippen LogP) is 5.26. The first kappa shape index (κ1) is 25.4. The van der Waals surface area contributed by atoms with Gasteiger partial charge in [0.05, 0.1) is 0 Å². The molecule has 0 radical (unpaired) electrons. The normalized spacial score (nSPS) is 32.7. The van der Waals surface area contributed by atoms with E-state index in [1.54, 1.807) is 0 Å². The molecule has 0 N–H and O–H groups in total. The number of hydrogen-bond acceptors (Lipinski definition) is 5. The Morgan fingerprint density at radius 1 is 0.828 bits per heavy atom. The molecule has 0 aromatic heterocycles. The molecule has 0 aromatic rings. The molecule has 1 saturated carbocycles. The summed E-state index contributed by atoms with van der Waals surface area (Å²) in [7, 11) is 0. The molecule has 6 atom stereocenters. The molecule has 29 heavy (non-hydrogen) atoms. The van der Waals surface area contributed by atoms with E-state index in [1.165, 1.54) is 13.8 Å². The molecule has 0 aromatic carbocycles. The van der Waals surface area contributed by atoms with E-state index in [2.05, 4.69) is 20.4 Å². The first-order valence-electron chi connectivity index (χ1n) is 11.0. The van der Waals surface area contributed by atoms with Crippen molar-refractivity contribution >= 4 is 17.7 Å². The second-order valence-corrected chi connectivity index (χ2v) is 9.24. The largest absolute Gasteiger partial charge is 0.462 e. The Balaban J connectivity index is 3.07. The minimum atomic E-state index is -0.312. The van der Waals surface area contributed by atoms with Crippen LogP contribution in [0.15, 0.2) is 12.2 Å². The van der Waals surface area contributed by atoms with Gasteiger partial charge in [-0.25, -0.2) is 0 Å². The van der Waals surface area contributed by atoms with E-state index >= 15 is 0 Å². The van der Waals surface area contributed by atoms with Crippen LogP contribution in [0.25, 0.3) is 0 Å². The highest BCUT2D eigenvalue weighted by molar-refractivity contribution is 5.79. The molecule has 5 heteroatoms. The molecule has 1 fully saturated rings. The van der Waals surface area contributed by atoms with Crippen molar-refractivity contribution in [1.82, 2.24) is 0 Å². The molecular weight excluding hydrogens is 368 g/mol. The van der Waals surface area contributed by atoms with Gasteiger partial charge in [0.2, 0.25) is 0 Å². The molecule has 0 spiro atoms. The molecule has 1 rings (SSSR count). The third kappa shape index (κ3) is 9.60. The molecule has 5 nitrogen and oxygen atoms in total. The number of carbonyl (C=O) groups excluding carboxylic acids is 3. The average Bonchev–Trinajstić information content (AvgIpc) is 2.58. The molecule has 0 amide bonds. The topological polar surface area (TPSA) is 69.7 Å². The SMILES string of the molecule is C=C(C)[C@H]1CC[C@@H](C)[C@@H](OC(C)=O)CC[C@H](C)CC(=O)C[C@@H](C)[C@H](OC(C)=O)C1. The highest BCUT2D eigenvalue weighted by atomic mass is 16.5. The van der Waals surface area contributed by atoms with Gasteiger partial charge in [0.15, 0.2) is 0 Å². The van der Waals surface area contributed by atoms with Gasteiger partial charge in [-0.15, -0.1) is 0 Å².